The first-order chi connectivity index (χ1) is 9.63. The Hall–Kier alpha value is -2.18. The molecule has 7 heteroatoms. The first-order valence-electron chi connectivity index (χ1n) is 6.68. The smallest absolute Gasteiger partial charge is 0.252 e. The molecule has 1 atom stereocenters. The van der Waals surface area contributed by atoms with E-state index in [1.807, 2.05) is 0 Å². The molecule has 0 aliphatic carbocycles. The first kappa shape index (κ1) is 12.8. The van der Waals surface area contributed by atoms with Crippen molar-refractivity contribution in [1.82, 2.24) is 15.0 Å². The van der Waals surface area contributed by atoms with Crippen LogP contribution in [0.2, 0.25) is 0 Å². The normalized spacial score (nSPS) is 18.4. The maximum absolute atomic E-state index is 5.40. The topological polar surface area (TPSA) is 85.4 Å². The highest BCUT2D eigenvalue weighted by atomic mass is 16.6. The summed E-state index contributed by atoms with van der Waals surface area (Å²) in [7, 11) is 0. The van der Waals surface area contributed by atoms with Gasteiger partial charge in [0.05, 0.1) is 12.3 Å². The molecule has 0 unspecified atom stereocenters. The van der Waals surface area contributed by atoms with E-state index in [9.17, 15) is 0 Å². The molecule has 0 amide bonds. The van der Waals surface area contributed by atoms with Crippen LogP contribution in [-0.4, -0.2) is 33.3 Å². The fourth-order valence-corrected chi connectivity index (χ4v) is 2.10. The van der Waals surface area contributed by atoms with Crippen molar-refractivity contribution in [1.29, 1.82) is 0 Å². The summed E-state index contributed by atoms with van der Waals surface area (Å²) in [4.78, 5) is 17.9. The Labute approximate surface area is 116 Å². The molecule has 1 aliphatic rings. The second-order valence-electron chi connectivity index (χ2n) is 5.16. The number of hydrogen-bond acceptors (Lipinski definition) is 7. The summed E-state index contributed by atoms with van der Waals surface area (Å²) < 4.78 is 5.37. The lowest BCUT2D eigenvalue weighted by Crippen LogP contribution is -2.21. The van der Waals surface area contributed by atoms with Crippen LogP contribution in [0, 0.1) is 12.8 Å². The van der Waals surface area contributed by atoms with Crippen molar-refractivity contribution < 1.29 is 9.25 Å². The molecule has 0 radical (unpaired) electrons. The summed E-state index contributed by atoms with van der Waals surface area (Å²) in [6.07, 6.45) is 2.34. The standard InChI is InChI=1S/C13H17N5O2/c1-7(2)10-4-9(20-18-10)5-14-12-11-13(16-6-15-12)19-8(3)17-11/h6-7,9H,4-5H2,1-3H3,(H,14,15,16)/t9-/m1/s1. The van der Waals surface area contributed by atoms with E-state index < -0.39 is 0 Å². The van der Waals surface area contributed by atoms with Gasteiger partial charge in [0.2, 0.25) is 0 Å². The molecular formula is C13H17N5O2. The van der Waals surface area contributed by atoms with Crippen molar-refractivity contribution in [3.63, 3.8) is 0 Å². The number of aryl methyl sites for hydroxylation is 1. The summed E-state index contributed by atoms with van der Waals surface area (Å²) in [5.41, 5.74) is 2.24. The molecule has 20 heavy (non-hydrogen) atoms. The Kier molecular flexibility index (Phi) is 3.25. The van der Waals surface area contributed by atoms with Crippen molar-refractivity contribution in [2.45, 2.75) is 33.3 Å². The van der Waals surface area contributed by atoms with Gasteiger partial charge >= 0.3 is 0 Å². The van der Waals surface area contributed by atoms with Crippen LogP contribution in [-0.2, 0) is 4.84 Å². The average Bonchev–Trinajstić information content (AvgIpc) is 3.01. The number of oxazole rings is 1. The third-order valence-electron chi connectivity index (χ3n) is 3.22. The molecule has 0 saturated carbocycles. The molecule has 0 fully saturated rings. The van der Waals surface area contributed by atoms with Crippen molar-refractivity contribution in [2.24, 2.45) is 11.1 Å². The number of nitrogens with zero attached hydrogens (tertiary/aromatic N) is 4. The van der Waals surface area contributed by atoms with Gasteiger partial charge in [-0.1, -0.05) is 19.0 Å². The molecule has 1 aliphatic heterocycles. The fourth-order valence-electron chi connectivity index (χ4n) is 2.10. The van der Waals surface area contributed by atoms with Gasteiger partial charge in [0, 0.05) is 13.3 Å². The highest BCUT2D eigenvalue weighted by Crippen LogP contribution is 2.20. The molecular weight excluding hydrogens is 258 g/mol. The molecule has 0 bridgehead atoms. The van der Waals surface area contributed by atoms with Gasteiger partial charge in [0.25, 0.3) is 5.71 Å². The van der Waals surface area contributed by atoms with Gasteiger partial charge in [-0.05, 0) is 5.92 Å². The third-order valence-corrected chi connectivity index (χ3v) is 3.22. The number of rotatable bonds is 4. The van der Waals surface area contributed by atoms with E-state index in [2.05, 4.69) is 39.3 Å². The van der Waals surface area contributed by atoms with E-state index in [1.165, 1.54) is 6.33 Å². The lowest BCUT2D eigenvalue weighted by molar-refractivity contribution is 0.0948. The average molecular weight is 275 g/mol. The maximum Gasteiger partial charge on any atom is 0.252 e. The molecule has 0 saturated heterocycles. The van der Waals surface area contributed by atoms with Crippen molar-refractivity contribution >= 4 is 22.8 Å². The number of hydrogen-bond donors (Lipinski definition) is 1. The minimum absolute atomic E-state index is 0.0328. The number of fused-ring (bicyclic) bond motifs is 1. The Bertz CT molecular complexity index is 649. The molecule has 1 N–H and O–H groups in total. The van der Waals surface area contributed by atoms with Crippen molar-refractivity contribution in [3.8, 4) is 0 Å². The number of aromatic nitrogens is 3. The summed E-state index contributed by atoms with van der Waals surface area (Å²) in [6.45, 7) is 6.64. The van der Waals surface area contributed by atoms with Crippen LogP contribution in [0.3, 0.4) is 0 Å². The summed E-state index contributed by atoms with van der Waals surface area (Å²) in [5.74, 6) is 1.66. The molecule has 0 aromatic carbocycles. The van der Waals surface area contributed by atoms with E-state index in [4.69, 9.17) is 9.25 Å². The zero-order valence-electron chi connectivity index (χ0n) is 11.8. The minimum Gasteiger partial charge on any atom is -0.422 e. The monoisotopic (exact) mass is 275 g/mol. The zero-order chi connectivity index (χ0) is 14.1. The Morgan fingerprint density at radius 3 is 3.00 bits per heavy atom. The number of anilines is 1. The van der Waals surface area contributed by atoms with Gasteiger partial charge < -0.3 is 14.6 Å². The van der Waals surface area contributed by atoms with Gasteiger partial charge in [-0.3, -0.25) is 0 Å². The van der Waals surface area contributed by atoms with Gasteiger partial charge in [-0.2, -0.15) is 4.98 Å². The zero-order valence-corrected chi connectivity index (χ0v) is 11.8. The maximum atomic E-state index is 5.40. The molecule has 3 heterocycles. The van der Waals surface area contributed by atoms with Crippen molar-refractivity contribution in [2.75, 3.05) is 11.9 Å². The van der Waals surface area contributed by atoms with Crippen LogP contribution in [0.5, 0.6) is 0 Å². The van der Waals surface area contributed by atoms with Crippen LogP contribution in [0.25, 0.3) is 11.2 Å². The Morgan fingerprint density at radius 1 is 1.40 bits per heavy atom. The molecule has 7 nitrogen and oxygen atoms in total. The number of oxime groups is 1. The fraction of sp³-hybridized carbons (Fsp3) is 0.538. The van der Waals surface area contributed by atoms with Crippen LogP contribution >= 0.6 is 0 Å². The van der Waals surface area contributed by atoms with E-state index in [0.29, 0.717) is 35.4 Å². The SMILES string of the molecule is Cc1nc2c(NC[C@H]3CC(C(C)C)=NO3)ncnc2o1. The van der Waals surface area contributed by atoms with Gasteiger partial charge in [0.15, 0.2) is 17.2 Å². The third kappa shape index (κ3) is 2.43. The summed E-state index contributed by atoms with van der Waals surface area (Å²) in [6, 6.07) is 0. The Balaban J connectivity index is 1.66. The predicted molar refractivity (Wildman–Crippen MR) is 74.6 cm³/mol. The van der Waals surface area contributed by atoms with Gasteiger partial charge in [-0.25, -0.2) is 9.97 Å². The largest absolute Gasteiger partial charge is 0.422 e. The van der Waals surface area contributed by atoms with E-state index in [-0.39, 0.29) is 6.10 Å². The van der Waals surface area contributed by atoms with Gasteiger partial charge in [0.1, 0.15) is 12.4 Å². The lowest BCUT2D eigenvalue weighted by atomic mass is 10.0. The lowest BCUT2D eigenvalue weighted by Gasteiger charge is -2.10. The van der Waals surface area contributed by atoms with E-state index in [0.717, 1.165) is 12.1 Å². The predicted octanol–water partition coefficient (Wildman–Crippen LogP) is 2.14. The molecule has 2 aromatic heterocycles. The molecule has 2 aromatic rings. The Morgan fingerprint density at radius 2 is 2.25 bits per heavy atom. The summed E-state index contributed by atoms with van der Waals surface area (Å²) >= 11 is 0. The number of nitrogens with one attached hydrogen (secondary N) is 1. The van der Waals surface area contributed by atoms with Gasteiger partial charge in [-0.15, -0.1) is 0 Å². The van der Waals surface area contributed by atoms with E-state index >= 15 is 0 Å². The second kappa shape index (κ2) is 5.07. The molecule has 3 rings (SSSR count). The highest BCUT2D eigenvalue weighted by molar-refractivity contribution is 5.87. The quantitative estimate of drug-likeness (QED) is 0.920. The minimum atomic E-state index is 0.0328. The second-order valence-corrected chi connectivity index (χ2v) is 5.16. The highest BCUT2D eigenvalue weighted by Gasteiger charge is 2.23. The van der Waals surface area contributed by atoms with E-state index in [1.54, 1.807) is 6.92 Å². The summed E-state index contributed by atoms with van der Waals surface area (Å²) in [5, 5.41) is 7.34. The molecule has 106 valence electrons. The van der Waals surface area contributed by atoms with Crippen LogP contribution < -0.4 is 5.32 Å². The first-order valence-corrected chi connectivity index (χ1v) is 6.68. The molecule has 0 spiro atoms. The van der Waals surface area contributed by atoms with Crippen LogP contribution in [0.15, 0.2) is 15.9 Å². The van der Waals surface area contributed by atoms with Crippen LogP contribution in [0.4, 0.5) is 5.82 Å². The van der Waals surface area contributed by atoms with Crippen LogP contribution in [0.1, 0.15) is 26.2 Å². The van der Waals surface area contributed by atoms with Crippen molar-refractivity contribution in [3.05, 3.63) is 12.2 Å².